The molecule has 0 saturated carbocycles. The first-order valence-corrected chi connectivity index (χ1v) is 8.45. The molecular weight excluding hydrogens is 300 g/mol. The van der Waals surface area contributed by atoms with Gasteiger partial charge in [0.15, 0.2) is 0 Å². The van der Waals surface area contributed by atoms with Gasteiger partial charge in [-0.3, -0.25) is 9.69 Å². The lowest BCUT2D eigenvalue weighted by Gasteiger charge is -2.49. The lowest BCUT2D eigenvalue weighted by atomic mass is 9.79. The highest BCUT2D eigenvalue weighted by molar-refractivity contribution is 7.17. The molecular formula is C15H18N4O2S. The van der Waals surface area contributed by atoms with Crippen LogP contribution in [-0.2, 0) is 0 Å². The van der Waals surface area contributed by atoms with Gasteiger partial charge in [-0.2, -0.15) is 0 Å². The molecule has 22 heavy (non-hydrogen) atoms. The summed E-state index contributed by atoms with van der Waals surface area (Å²) in [5.41, 5.74) is 0. The van der Waals surface area contributed by atoms with Crippen molar-refractivity contribution in [3.63, 3.8) is 0 Å². The van der Waals surface area contributed by atoms with Gasteiger partial charge in [0.2, 0.25) is 6.39 Å². The number of nitrogens with zero attached hydrogens (tertiary/aromatic N) is 3. The number of fused-ring (bicyclic) bond motifs is 3. The number of hydrogen-bond acceptors (Lipinski definition) is 6. The molecule has 3 fully saturated rings. The molecule has 3 aliphatic heterocycles. The molecule has 5 rings (SSSR count). The van der Waals surface area contributed by atoms with Gasteiger partial charge in [0, 0.05) is 12.1 Å². The van der Waals surface area contributed by atoms with Crippen molar-refractivity contribution in [1.29, 1.82) is 0 Å². The molecule has 1 N–H and O–H groups in total. The predicted molar refractivity (Wildman–Crippen MR) is 82.6 cm³/mol. The number of amides is 1. The molecule has 2 atom stereocenters. The highest BCUT2D eigenvalue weighted by atomic mass is 32.1. The van der Waals surface area contributed by atoms with E-state index in [9.17, 15) is 4.79 Å². The predicted octanol–water partition coefficient (Wildman–Crippen LogP) is 2.01. The second-order valence-corrected chi connectivity index (χ2v) is 7.10. The highest BCUT2D eigenvalue weighted by Gasteiger charge is 2.40. The molecule has 5 heterocycles. The number of thiophene rings is 1. The van der Waals surface area contributed by atoms with Gasteiger partial charge in [-0.25, -0.2) is 0 Å². The maximum atomic E-state index is 12.5. The van der Waals surface area contributed by atoms with Gasteiger partial charge < -0.3 is 9.73 Å². The van der Waals surface area contributed by atoms with E-state index in [-0.39, 0.29) is 11.9 Å². The zero-order chi connectivity index (χ0) is 15.1. The largest absolute Gasteiger partial charge is 0.423 e. The number of piperidine rings is 3. The summed E-state index contributed by atoms with van der Waals surface area (Å²) in [6.07, 6.45) is 3.67. The lowest BCUT2D eigenvalue weighted by molar-refractivity contribution is 0.0218. The van der Waals surface area contributed by atoms with E-state index in [0.29, 0.717) is 22.7 Å². The van der Waals surface area contributed by atoms with Gasteiger partial charge in [-0.15, -0.1) is 21.5 Å². The Morgan fingerprint density at radius 3 is 2.91 bits per heavy atom. The monoisotopic (exact) mass is 318 g/mol. The van der Waals surface area contributed by atoms with Crippen molar-refractivity contribution in [2.45, 2.75) is 31.8 Å². The van der Waals surface area contributed by atoms with E-state index in [2.05, 4.69) is 27.3 Å². The van der Waals surface area contributed by atoms with Gasteiger partial charge >= 0.3 is 0 Å². The van der Waals surface area contributed by atoms with Crippen LogP contribution in [0.15, 0.2) is 22.9 Å². The van der Waals surface area contributed by atoms with Gasteiger partial charge in [-0.05, 0) is 50.9 Å². The molecule has 7 heteroatoms. The zero-order valence-corrected chi connectivity index (χ0v) is 13.2. The van der Waals surface area contributed by atoms with Crippen molar-refractivity contribution in [2.24, 2.45) is 5.92 Å². The number of nitrogens with one attached hydrogen (secondary N) is 1. The standard InChI is InChI=1S/C15H18N4O2S/c1-9-13(10-4-6-19(9)7-5-10)17-14(20)11-2-3-12(22-11)15-18-16-8-21-15/h2-3,8-10,13H,4-7H2,1H3,(H,17,20)/t9-,13+/m1/s1. The van der Waals surface area contributed by atoms with Crippen molar-refractivity contribution in [1.82, 2.24) is 20.4 Å². The summed E-state index contributed by atoms with van der Waals surface area (Å²) in [6.45, 7) is 4.55. The Kier molecular flexibility index (Phi) is 3.46. The fourth-order valence-electron chi connectivity index (χ4n) is 3.62. The van der Waals surface area contributed by atoms with Crippen molar-refractivity contribution >= 4 is 17.2 Å². The van der Waals surface area contributed by atoms with E-state index < -0.39 is 0 Å². The third-order valence-electron chi connectivity index (χ3n) is 4.88. The molecule has 116 valence electrons. The summed E-state index contributed by atoms with van der Waals surface area (Å²) in [6, 6.07) is 4.36. The Morgan fingerprint density at radius 2 is 2.23 bits per heavy atom. The first-order chi connectivity index (χ1) is 10.7. The van der Waals surface area contributed by atoms with Crippen molar-refractivity contribution in [3.05, 3.63) is 23.4 Å². The summed E-state index contributed by atoms with van der Waals surface area (Å²) in [5, 5.41) is 10.8. The molecule has 1 amide bonds. The van der Waals surface area contributed by atoms with Crippen LogP contribution in [0.1, 0.15) is 29.4 Å². The summed E-state index contributed by atoms with van der Waals surface area (Å²) >= 11 is 1.39. The zero-order valence-electron chi connectivity index (χ0n) is 12.4. The summed E-state index contributed by atoms with van der Waals surface area (Å²) in [4.78, 5) is 16.5. The van der Waals surface area contributed by atoms with Crippen molar-refractivity contribution in [2.75, 3.05) is 13.1 Å². The third-order valence-corrected chi connectivity index (χ3v) is 5.95. The summed E-state index contributed by atoms with van der Waals surface area (Å²) in [5.74, 6) is 1.07. The minimum Gasteiger partial charge on any atom is -0.423 e. The van der Waals surface area contributed by atoms with Crippen LogP contribution < -0.4 is 5.32 Å². The molecule has 0 unspecified atom stereocenters. The average molecular weight is 318 g/mol. The molecule has 3 saturated heterocycles. The Labute approximate surface area is 132 Å². The maximum absolute atomic E-state index is 12.5. The molecule has 2 aromatic rings. The molecule has 0 aromatic carbocycles. The second-order valence-electron chi connectivity index (χ2n) is 6.02. The van der Waals surface area contributed by atoms with Crippen molar-refractivity contribution < 1.29 is 9.21 Å². The van der Waals surface area contributed by atoms with Crippen LogP contribution in [0.3, 0.4) is 0 Å². The fraction of sp³-hybridized carbons (Fsp3) is 0.533. The number of aromatic nitrogens is 2. The quantitative estimate of drug-likeness (QED) is 0.937. The minimum absolute atomic E-state index is 0.00126. The number of carbonyl (C=O) groups is 1. The Bertz CT molecular complexity index is 659. The second kappa shape index (κ2) is 5.48. The lowest BCUT2D eigenvalue weighted by Crippen LogP contribution is -2.62. The number of carbonyl (C=O) groups excluding carboxylic acids is 1. The fourth-order valence-corrected chi connectivity index (χ4v) is 4.46. The van der Waals surface area contributed by atoms with E-state index in [1.54, 1.807) is 0 Å². The summed E-state index contributed by atoms with van der Waals surface area (Å²) in [7, 11) is 0. The molecule has 0 radical (unpaired) electrons. The van der Waals surface area contributed by atoms with E-state index in [4.69, 9.17) is 4.42 Å². The van der Waals surface area contributed by atoms with Crippen LogP contribution in [0, 0.1) is 5.92 Å². The van der Waals surface area contributed by atoms with Crippen LogP contribution in [0.4, 0.5) is 0 Å². The van der Waals surface area contributed by atoms with Crippen LogP contribution in [0.2, 0.25) is 0 Å². The molecule has 6 nitrogen and oxygen atoms in total. The Morgan fingerprint density at radius 1 is 1.41 bits per heavy atom. The van der Waals surface area contributed by atoms with Crippen LogP contribution in [0.5, 0.6) is 0 Å². The molecule has 3 aliphatic rings. The average Bonchev–Trinajstić information content (AvgIpc) is 3.21. The first-order valence-electron chi connectivity index (χ1n) is 7.63. The Balaban J connectivity index is 1.48. The minimum atomic E-state index is 0.00126. The van der Waals surface area contributed by atoms with Gasteiger partial charge in [-0.1, -0.05) is 0 Å². The van der Waals surface area contributed by atoms with Gasteiger partial charge in [0.05, 0.1) is 9.75 Å². The van der Waals surface area contributed by atoms with Gasteiger partial charge in [0.1, 0.15) is 0 Å². The van der Waals surface area contributed by atoms with Crippen molar-refractivity contribution in [3.8, 4) is 10.8 Å². The third kappa shape index (κ3) is 2.34. The smallest absolute Gasteiger partial charge is 0.261 e. The van der Waals surface area contributed by atoms with Crippen LogP contribution in [0.25, 0.3) is 10.8 Å². The van der Waals surface area contributed by atoms with Crippen LogP contribution in [-0.4, -0.2) is 46.2 Å². The number of rotatable bonds is 3. The topological polar surface area (TPSA) is 71.3 Å². The normalized spacial score (nSPS) is 30.4. The number of hydrogen-bond donors (Lipinski definition) is 1. The molecule has 2 aromatic heterocycles. The Hall–Kier alpha value is -1.73. The highest BCUT2D eigenvalue weighted by Crippen LogP contribution is 2.33. The SMILES string of the molecule is C[C@@H]1[C@H](NC(=O)c2ccc(-c3nnco3)s2)C2CCN1CC2. The molecule has 0 spiro atoms. The maximum Gasteiger partial charge on any atom is 0.261 e. The first kappa shape index (κ1) is 13.9. The van der Waals surface area contributed by atoms with Gasteiger partial charge in [0.25, 0.3) is 11.8 Å². The van der Waals surface area contributed by atoms with E-state index in [1.165, 1.54) is 43.7 Å². The van der Waals surface area contributed by atoms with E-state index in [1.807, 2.05) is 12.1 Å². The summed E-state index contributed by atoms with van der Waals surface area (Å²) < 4.78 is 5.17. The molecule has 0 aliphatic carbocycles. The van der Waals surface area contributed by atoms with Crippen LogP contribution >= 0.6 is 11.3 Å². The van der Waals surface area contributed by atoms with E-state index >= 15 is 0 Å². The van der Waals surface area contributed by atoms with E-state index in [0.717, 1.165) is 4.88 Å². The molecule has 2 bridgehead atoms.